The summed E-state index contributed by atoms with van der Waals surface area (Å²) in [5.41, 5.74) is 2.12. The molecule has 5 nitrogen and oxygen atoms in total. The van der Waals surface area contributed by atoms with Crippen LogP contribution in [0.4, 0.5) is 10.1 Å². The van der Waals surface area contributed by atoms with Gasteiger partial charge in [0.25, 0.3) is 5.91 Å². The molecule has 1 fully saturated rings. The maximum absolute atomic E-state index is 13.8. The third-order valence-electron chi connectivity index (χ3n) is 4.45. The molecule has 2 aromatic rings. The fraction of sp³-hybridized carbons (Fsp3) is 0.389. The Morgan fingerprint density at radius 2 is 2.12 bits per heavy atom. The number of aliphatic hydroxyl groups excluding tert-OH is 1. The number of aliphatic hydroxyl groups is 1. The summed E-state index contributed by atoms with van der Waals surface area (Å²) in [5, 5.41) is 12.6. The summed E-state index contributed by atoms with van der Waals surface area (Å²) < 4.78 is 13.8. The minimum atomic E-state index is -0.335. The lowest BCUT2D eigenvalue weighted by molar-refractivity contribution is 0.0935. The molecule has 1 aliphatic heterocycles. The van der Waals surface area contributed by atoms with Gasteiger partial charge in [0, 0.05) is 30.5 Å². The number of hydrogen-bond donors (Lipinski definition) is 3. The molecule has 1 atom stereocenters. The van der Waals surface area contributed by atoms with Crippen molar-refractivity contribution in [2.45, 2.75) is 31.9 Å². The zero-order chi connectivity index (χ0) is 17.1. The van der Waals surface area contributed by atoms with Gasteiger partial charge >= 0.3 is 0 Å². The summed E-state index contributed by atoms with van der Waals surface area (Å²) in [7, 11) is 0. The number of carbonyl (C=O) groups is 1. The molecule has 1 saturated heterocycles. The number of carbonyl (C=O) groups excluding carboxylic acids is 1. The molecule has 1 unspecified atom stereocenters. The molecule has 6 heteroatoms. The van der Waals surface area contributed by atoms with E-state index < -0.39 is 0 Å². The summed E-state index contributed by atoms with van der Waals surface area (Å²) >= 11 is 0. The largest absolute Gasteiger partial charge is 0.393 e. The van der Waals surface area contributed by atoms with Crippen molar-refractivity contribution in [1.29, 1.82) is 0 Å². The first-order valence-electron chi connectivity index (χ1n) is 8.21. The first-order chi connectivity index (χ1) is 11.5. The van der Waals surface area contributed by atoms with E-state index in [2.05, 4.69) is 15.2 Å². The lowest BCUT2D eigenvalue weighted by Gasteiger charge is -2.34. The topological polar surface area (TPSA) is 68.4 Å². The van der Waals surface area contributed by atoms with E-state index in [0.717, 1.165) is 24.3 Å². The van der Waals surface area contributed by atoms with Gasteiger partial charge in [-0.25, -0.2) is 4.39 Å². The van der Waals surface area contributed by atoms with Crippen molar-refractivity contribution in [3.63, 3.8) is 0 Å². The Bertz CT molecular complexity index is 694. The minimum Gasteiger partial charge on any atom is -0.393 e. The number of nitrogens with zero attached hydrogens (tertiary/aromatic N) is 1. The number of rotatable bonds is 4. The van der Waals surface area contributed by atoms with Gasteiger partial charge in [0.2, 0.25) is 0 Å². The van der Waals surface area contributed by atoms with Crippen molar-refractivity contribution in [1.82, 2.24) is 10.3 Å². The van der Waals surface area contributed by atoms with Crippen LogP contribution in [0.3, 0.4) is 0 Å². The van der Waals surface area contributed by atoms with Gasteiger partial charge in [-0.05, 0) is 50.1 Å². The number of piperidine rings is 1. The monoisotopic (exact) mass is 331 g/mol. The molecule has 24 heavy (non-hydrogen) atoms. The maximum atomic E-state index is 13.8. The van der Waals surface area contributed by atoms with Crippen molar-refractivity contribution < 1.29 is 14.3 Å². The van der Waals surface area contributed by atoms with Crippen LogP contribution in [0.5, 0.6) is 0 Å². The Kier molecular flexibility index (Phi) is 4.85. The van der Waals surface area contributed by atoms with E-state index in [4.69, 9.17) is 0 Å². The molecule has 1 aromatic carbocycles. The first kappa shape index (κ1) is 16.5. The predicted octanol–water partition coefficient (Wildman–Crippen LogP) is 2.61. The number of H-pyrrole nitrogens is 1. The highest BCUT2D eigenvalue weighted by Gasteiger charge is 2.22. The van der Waals surface area contributed by atoms with Crippen molar-refractivity contribution in [2.75, 3.05) is 18.0 Å². The van der Waals surface area contributed by atoms with Gasteiger partial charge in [-0.3, -0.25) is 4.79 Å². The Morgan fingerprint density at radius 1 is 1.38 bits per heavy atom. The molecule has 0 saturated carbocycles. The smallest absolute Gasteiger partial charge is 0.268 e. The van der Waals surface area contributed by atoms with E-state index >= 15 is 0 Å². The van der Waals surface area contributed by atoms with Crippen molar-refractivity contribution >= 4 is 11.6 Å². The molecule has 128 valence electrons. The van der Waals surface area contributed by atoms with Gasteiger partial charge in [-0.2, -0.15) is 0 Å². The van der Waals surface area contributed by atoms with E-state index in [1.165, 1.54) is 12.1 Å². The molecule has 3 N–H and O–H groups in total. The summed E-state index contributed by atoms with van der Waals surface area (Å²) in [6.07, 6.45) is 2.81. The predicted molar refractivity (Wildman–Crippen MR) is 90.5 cm³/mol. The second kappa shape index (κ2) is 7.05. The van der Waals surface area contributed by atoms with E-state index in [1.807, 2.05) is 6.92 Å². The average molecular weight is 331 g/mol. The van der Waals surface area contributed by atoms with Crippen LogP contribution in [0.1, 0.15) is 41.9 Å². The second-order valence-corrected chi connectivity index (χ2v) is 6.20. The number of aromatic amines is 1. The van der Waals surface area contributed by atoms with Crippen LogP contribution < -0.4 is 10.2 Å². The Labute approximate surface area is 140 Å². The van der Waals surface area contributed by atoms with E-state index in [-0.39, 0.29) is 23.9 Å². The van der Waals surface area contributed by atoms with Crippen LogP contribution in [-0.4, -0.2) is 35.2 Å². The van der Waals surface area contributed by atoms with Gasteiger partial charge in [0.05, 0.1) is 12.1 Å². The third kappa shape index (κ3) is 3.59. The molecule has 0 spiro atoms. The lowest BCUT2D eigenvalue weighted by atomic mass is 10.0. The van der Waals surface area contributed by atoms with Crippen LogP contribution in [0.2, 0.25) is 0 Å². The Morgan fingerprint density at radius 3 is 2.79 bits per heavy atom. The number of benzene rings is 1. The molecule has 3 rings (SSSR count). The van der Waals surface area contributed by atoms with Crippen LogP contribution in [0.15, 0.2) is 36.5 Å². The lowest BCUT2D eigenvalue weighted by Crippen LogP contribution is -2.37. The normalized spacial score (nSPS) is 16.9. The fourth-order valence-corrected chi connectivity index (χ4v) is 3.09. The van der Waals surface area contributed by atoms with Crippen molar-refractivity contribution in [3.8, 4) is 0 Å². The maximum Gasteiger partial charge on any atom is 0.268 e. The first-order valence-corrected chi connectivity index (χ1v) is 8.21. The van der Waals surface area contributed by atoms with E-state index in [1.54, 1.807) is 24.4 Å². The van der Waals surface area contributed by atoms with Crippen LogP contribution in [0.25, 0.3) is 0 Å². The summed E-state index contributed by atoms with van der Waals surface area (Å²) in [6, 6.07) is 7.77. The zero-order valence-electron chi connectivity index (χ0n) is 13.6. The highest BCUT2D eigenvalue weighted by atomic mass is 19.1. The number of nitrogens with one attached hydrogen (secondary N) is 2. The van der Waals surface area contributed by atoms with Crippen molar-refractivity contribution in [3.05, 3.63) is 53.6 Å². The molecule has 0 aliphatic carbocycles. The minimum absolute atomic E-state index is 0.225. The molecule has 1 amide bonds. The van der Waals surface area contributed by atoms with Gasteiger partial charge < -0.3 is 20.3 Å². The summed E-state index contributed by atoms with van der Waals surface area (Å²) in [5.74, 6) is -0.552. The molecule has 0 bridgehead atoms. The third-order valence-corrected chi connectivity index (χ3v) is 4.45. The zero-order valence-corrected chi connectivity index (χ0v) is 13.6. The number of anilines is 1. The van der Waals surface area contributed by atoms with E-state index in [0.29, 0.717) is 18.5 Å². The molecular formula is C18H22FN3O2. The number of hydrogen-bond acceptors (Lipinski definition) is 3. The van der Waals surface area contributed by atoms with Crippen molar-refractivity contribution in [2.24, 2.45) is 0 Å². The standard InChI is InChI=1S/C18H22FN3O2/c1-12(21-18(24)16-3-2-8-20-16)15-11-13(19)4-5-17(15)22-9-6-14(23)7-10-22/h2-5,8,11-12,14,20,23H,6-7,9-10H2,1H3,(H,21,24). The molecule has 0 radical (unpaired) electrons. The molecule has 2 heterocycles. The second-order valence-electron chi connectivity index (χ2n) is 6.20. The van der Waals surface area contributed by atoms with Gasteiger partial charge in [-0.15, -0.1) is 0 Å². The molecule has 1 aliphatic rings. The number of aromatic nitrogens is 1. The Hall–Kier alpha value is -2.34. The molecular weight excluding hydrogens is 309 g/mol. The highest BCUT2D eigenvalue weighted by molar-refractivity contribution is 5.92. The SMILES string of the molecule is CC(NC(=O)c1ccc[nH]1)c1cc(F)ccc1N1CCC(O)CC1. The Balaban J connectivity index is 1.80. The van der Waals surface area contributed by atoms with Gasteiger partial charge in [0.15, 0.2) is 0 Å². The van der Waals surface area contributed by atoms with Gasteiger partial charge in [-0.1, -0.05) is 0 Å². The summed E-state index contributed by atoms with van der Waals surface area (Å²) in [4.78, 5) is 17.2. The summed E-state index contributed by atoms with van der Waals surface area (Å²) in [6.45, 7) is 3.28. The average Bonchev–Trinajstić information content (AvgIpc) is 3.10. The number of amides is 1. The van der Waals surface area contributed by atoms with E-state index in [9.17, 15) is 14.3 Å². The fourth-order valence-electron chi connectivity index (χ4n) is 3.09. The van der Waals surface area contributed by atoms with Crippen LogP contribution in [-0.2, 0) is 0 Å². The number of halogens is 1. The molecule has 1 aromatic heterocycles. The van der Waals surface area contributed by atoms with Crippen LogP contribution >= 0.6 is 0 Å². The highest BCUT2D eigenvalue weighted by Crippen LogP contribution is 2.29. The van der Waals surface area contributed by atoms with Gasteiger partial charge in [0.1, 0.15) is 11.5 Å². The quantitative estimate of drug-likeness (QED) is 0.807. The van der Waals surface area contributed by atoms with Crippen LogP contribution in [0, 0.1) is 5.82 Å².